The molecule has 4 aromatic rings. The maximum atomic E-state index is 14.4. The molecule has 0 saturated heterocycles. The molecule has 1 N–H and O–H groups in total. The number of aromatic hydroxyl groups is 1. The van der Waals surface area contributed by atoms with E-state index in [-0.39, 0.29) is 118 Å². The van der Waals surface area contributed by atoms with Gasteiger partial charge in [-0.3, -0.25) is 4.39 Å². The second-order valence-corrected chi connectivity index (χ2v) is 15.6. The van der Waals surface area contributed by atoms with Crippen LogP contribution < -0.4 is 75.7 Å². The molecular formula is C46H56ClF9K3O8P. The van der Waals surface area contributed by atoms with Crippen molar-refractivity contribution in [2.45, 2.75) is 98.3 Å². The maximum absolute atomic E-state index is 14.4. The molecule has 0 spiro atoms. The fourth-order valence-corrected chi connectivity index (χ4v) is 7.42. The number of hydrogen-bond acceptors (Lipinski definition) is 8. The van der Waals surface area contributed by atoms with E-state index in [4.69, 9.17) is 47.0 Å². The Morgan fingerprint density at radius 2 is 0.985 bits per heavy atom. The minimum atomic E-state index is -3.15. The second-order valence-electron chi connectivity index (χ2n) is 14.7. The molecule has 0 bridgehead atoms. The Morgan fingerprint density at radius 1 is 0.647 bits per heavy atom. The van der Waals surface area contributed by atoms with E-state index in [2.05, 4.69) is 4.67 Å². The summed E-state index contributed by atoms with van der Waals surface area (Å²) in [5.74, 6) is -6.88. The average molecular weight is 1090 g/mol. The number of aryl methyl sites for hydroxylation is 2. The molecule has 4 aromatic carbocycles. The topological polar surface area (TPSA) is 120 Å². The predicted octanol–water partition coefficient (Wildman–Crippen LogP) is 8.92. The van der Waals surface area contributed by atoms with Crippen LogP contribution in [-0.2, 0) is 9.24 Å². The first-order valence-corrected chi connectivity index (χ1v) is 38.8. The number of ether oxygens (including phenoxy) is 3. The summed E-state index contributed by atoms with van der Waals surface area (Å²) >= 11 is 8.34. The van der Waals surface area contributed by atoms with Crippen LogP contribution in [0.3, 0.4) is 0 Å². The van der Waals surface area contributed by atoms with Crippen molar-refractivity contribution in [1.29, 1.82) is 0 Å². The summed E-state index contributed by atoms with van der Waals surface area (Å²) < 4.78 is 151. The molecule has 0 aliphatic heterocycles. The molecule has 2 fully saturated rings. The molecule has 68 heavy (non-hydrogen) atoms. The number of benzene rings is 4. The molecule has 6 rings (SSSR count). The molecule has 2 aliphatic rings. The summed E-state index contributed by atoms with van der Waals surface area (Å²) in [6.45, 7) is 7.25. The van der Waals surface area contributed by atoms with Crippen molar-refractivity contribution in [2.75, 3.05) is 32.9 Å². The van der Waals surface area contributed by atoms with Crippen LogP contribution in [0.5, 0.6) is 23.0 Å². The van der Waals surface area contributed by atoms with Gasteiger partial charge in [0, 0.05) is 5.88 Å². The van der Waals surface area contributed by atoms with Crippen LogP contribution in [0.4, 0.5) is 39.5 Å². The first-order chi connectivity index (χ1) is 31.9. The standard InChI is InChI=1S/C22H24F4O2.C15H19ClF2O.C7H6F2O.CH3F.CH4.3K.HO4P/c1-3-27-17-11-9-16(20(24)22(17)26)15-7-5-14(6-8-15)12-28-18-10-4-13(2)19(23)21(18)25;1-2-19-13-8-7-12(14(17)15(13)18)11-5-3-10(9-16)4-6-11;1-4-2-3-5(10)7(9)6(4)8;1-2;;;;;1-4-5(2)3/h4,9-11,14-15H,3,5-8,12H2,1-2H3;7-8,10-11H,2-6,9H2,1H3;2-3,10H,1H3;1H3;1H4;;;;1H/q;;;;;;;+1;/p-1/i;;;1D;;;;;. The van der Waals surface area contributed by atoms with Gasteiger partial charge in [0.1, 0.15) is 0 Å². The Morgan fingerprint density at radius 3 is 1.35 bits per heavy atom. The molecule has 2 saturated carbocycles. The number of phenolic OH excluding ortho intramolecular Hbond substituents is 1. The monoisotopic (exact) mass is 1090 g/mol. The van der Waals surface area contributed by atoms with E-state index >= 15 is 0 Å². The summed E-state index contributed by atoms with van der Waals surface area (Å²) in [4.78, 5) is 8.87. The molecule has 1 unspecified atom stereocenters. The Hall–Kier alpha value is 0.629. The van der Waals surface area contributed by atoms with E-state index in [1.165, 1.54) is 107 Å². The first kappa shape index (κ1) is 68.6. The van der Waals surface area contributed by atoms with Gasteiger partial charge in [-0.15, -0.1) is 11.6 Å². The summed E-state index contributed by atoms with van der Waals surface area (Å²) in [6, 6.07) is 11.6. The summed E-state index contributed by atoms with van der Waals surface area (Å²) in [7, 11) is -4.15. The van der Waals surface area contributed by atoms with E-state index in [0.29, 0.717) is 42.4 Å². The Balaban J connectivity index is 0. The minimum absolute atomic E-state index is 0. The summed E-state index contributed by atoms with van der Waals surface area (Å²) in [6.07, 6.45) is 6.59. The van der Waals surface area contributed by atoms with Gasteiger partial charge in [0.25, 0.3) is 0 Å². The molecule has 8 nitrogen and oxygen atoms in total. The van der Waals surface area contributed by atoms with Crippen LogP contribution in [0.1, 0.15) is 108 Å². The first-order valence-electron chi connectivity index (χ1n) is 21.9. The third-order valence-electron chi connectivity index (χ3n) is 10.6. The van der Waals surface area contributed by atoms with E-state index in [9.17, 15) is 39.5 Å². The molecule has 0 radical (unpaired) electrons. The van der Waals surface area contributed by atoms with Crippen molar-refractivity contribution in [1.82, 2.24) is 0 Å². The Kier molecular flexibility index (Phi) is 39.5. The van der Waals surface area contributed by atoms with Gasteiger partial charge in [0.15, 0.2) is 46.3 Å². The normalized spacial score (nSPS) is 17.2. The quantitative estimate of drug-likeness (QED) is 0.0395. The van der Waals surface area contributed by atoms with Crippen LogP contribution in [0.15, 0.2) is 48.5 Å². The molecule has 0 heterocycles. The van der Waals surface area contributed by atoms with E-state index in [0.717, 1.165) is 44.6 Å². The van der Waals surface area contributed by atoms with Crippen molar-refractivity contribution in [3.8, 4) is 23.0 Å². The van der Waals surface area contributed by atoms with Gasteiger partial charge in [-0.1, -0.05) is 31.7 Å². The van der Waals surface area contributed by atoms with Crippen molar-refractivity contribution in [3.63, 3.8) is 0 Å². The zero-order valence-electron chi connectivity index (χ0n) is 39.7. The van der Waals surface area contributed by atoms with Crippen LogP contribution >= 0.6 is 19.9 Å². The number of halogens is 10. The number of phenols is 1. The van der Waals surface area contributed by atoms with E-state index < -0.39 is 67.7 Å². The molecule has 366 valence electrons. The fraction of sp³-hybridized carbons (Fsp3) is 0.478. The molecule has 0 amide bonds. The molecular weight excluding hydrogens is 1040 g/mol. The number of alkyl halides is 2. The summed E-state index contributed by atoms with van der Waals surface area (Å²) in [5, 5.41) is 17.1. The van der Waals surface area contributed by atoms with Gasteiger partial charge in [0.05, 0.1) is 28.3 Å². The molecule has 0 aromatic heterocycles. The van der Waals surface area contributed by atoms with E-state index in [1.807, 2.05) is 0 Å². The van der Waals surface area contributed by atoms with Crippen molar-refractivity contribution < 1.29 is 131 Å². The third-order valence-corrected chi connectivity index (χ3v) is 11.1. The van der Waals surface area contributed by atoms with Gasteiger partial charge in [-0.2, -0.15) is 17.6 Å². The van der Waals surface area contributed by atoms with Crippen LogP contribution in [0.25, 0.3) is 0 Å². The molecule has 22 heteroatoms. The second kappa shape index (κ2) is 39.1. The van der Waals surface area contributed by atoms with Gasteiger partial charge >= 0.3 is 123 Å². The predicted molar refractivity (Wildman–Crippen MR) is 238 cm³/mol. The Bertz CT molecular complexity index is 2080. The van der Waals surface area contributed by atoms with E-state index in [1.54, 1.807) is 26.0 Å². The van der Waals surface area contributed by atoms with Crippen LogP contribution in [0, 0.1) is 72.2 Å². The third kappa shape index (κ3) is 23.0. The van der Waals surface area contributed by atoms with Gasteiger partial charge in [-0.05, 0) is 154 Å². The zero-order chi connectivity index (χ0) is 50.8. The van der Waals surface area contributed by atoms with Gasteiger partial charge in [-0.25, -0.2) is 22.2 Å². The molecule has 1 atom stereocenters. The van der Waals surface area contributed by atoms with Crippen molar-refractivity contribution in [3.05, 3.63) is 117 Å². The summed E-state index contributed by atoms with van der Waals surface area (Å²) in [5.41, 5.74) is 1.27. The average Bonchev–Trinajstić information content (AvgIpc) is 3.33. The van der Waals surface area contributed by atoms with Crippen molar-refractivity contribution in [2.24, 2.45) is 11.8 Å². The van der Waals surface area contributed by atoms with Gasteiger partial charge < -0.3 is 29.5 Å². The number of rotatable bonds is 11. The van der Waals surface area contributed by atoms with Gasteiger partial charge in [0.2, 0.25) is 23.3 Å². The fourth-order valence-electron chi connectivity index (χ4n) is 7.11. The van der Waals surface area contributed by atoms with Crippen molar-refractivity contribution >= 4 is 83.0 Å². The number of hydrogen-bond donors (Lipinski definition) is 1. The molecule has 2 aliphatic carbocycles. The Labute approximate surface area is 489 Å². The van der Waals surface area contributed by atoms with Crippen LogP contribution in [-0.4, -0.2) is 101 Å². The zero-order valence-corrected chi connectivity index (χ0v) is 49.7. The SMILES string of the molecule is C.CCOc1ccc(C2CCC(CCl)CC2)c(F)c1F.CCOc1ccc(C2CCC(COc3ccc(C)c(F)c3F)CC2)c(F)c1F.Cc1ccc(O)c(F)c1F.O=[P+]([O-])O[O-].[2H]CF.[K+].[K][K]. The van der Waals surface area contributed by atoms with Crippen LogP contribution in [0.2, 0.25) is 0 Å².